The van der Waals surface area contributed by atoms with E-state index in [0.29, 0.717) is 12.0 Å². The van der Waals surface area contributed by atoms with Gasteiger partial charge < -0.3 is 5.73 Å². The Morgan fingerprint density at radius 3 is 2.67 bits per heavy atom. The Morgan fingerprint density at radius 2 is 2.06 bits per heavy atom. The SMILES string of the molecule is Cc1ccc(C2C(N)CCN2CC(C)C)c(C)c1. The third-order valence-corrected chi connectivity index (χ3v) is 3.89. The monoisotopic (exact) mass is 246 g/mol. The van der Waals surface area contributed by atoms with Crippen molar-refractivity contribution in [3.05, 3.63) is 34.9 Å². The van der Waals surface area contributed by atoms with E-state index in [-0.39, 0.29) is 6.04 Å². The lowest BCUT2D eigenvalue weighted by molar-refractivity contribution is 0.220. The molecule has 0 saturated carbocycles. The number of rotatable bonds is 3. The highest BCUT2D eigenvalue weighted by molar-refractivity contribution is 5.34. The maximum absolute atomic E-state index is 6.34. The molecule has 1 aromatic carbocycles. The van der Waals surface area contributed by atoms with Crippen LogP contribution in [-0.4, -0.2) is 24.0 Å². The van der Waals surface area contributed by atoms with Crippen LogP contribution in [0.4, 0.5) is 0 Å². The number of hydrogen-bond acceptors (Lipinski definition) is 2. The highest BCUT2D eigenvalue weighted by Gasteiger charge is 2.33. The largest absolute Gasteiger partial charge is 0.326 e. The predicted molar refractivity (Wildman–Crippen MR) is 77.7 cm³/mol. The van der Waals surface area contributed by atoms with Crippen LogP contribution in [0.25, 0.3) is 0 Å². The summed E-state index contributed by atoms with van der Waals surface area (Å²) in [6, 6.07) is 7.45. The molecule has 0 aliphatic carbocycles. The summed E-state index contributed by atoms with van der Waals surface area (Å²) in [5, 5.41) is 0. The Balaban J connectivity index is 2.27. The van der Waals surface area contributed by atoms with E-state index >= 15 is 0 Å². The number of nitrogens with two attached hydrogens (primary N) is 1. The van der Waals surface area contributed by atoms with Crippen LogP contribution in [0.1, 0.15) is 43.0 Å². The lowest BCUT2D eigenvalue weighted by Gasteiger charge is -2.29. The summed E-state index contributed by atoms with van der Waals surface area (Å²) >= 11 is 0. The lowest BCUT2D eigenvalue weighted by Crippen LogP contribution is -2.34. The third-order valence-electron chi connectivity index (χ3n) is 3.89. The van der Waals surface area contributed by atoms with Crippen LogP contribution in [0.2, 0.25) is 0 Å². The fourth-order valence-corrected chi connectivity index (χ4v) is 3.14. The molecule has 0 bridgehead atoms. The zero-order chi connectivity index (χ0) is 13.3. The van der Waals surface area contributed by atoms with Crippen molar-refractivity contribution in [3.63, 3.8) is 0 Å². The van der Waals surface area contributed by atoms with E-state index in [1.807, 2.05) is 0 Å². The summed E-state index contributed by atoms with van der Waals surface area (Å²) in [4.78, 5) is 2.56. The number of benzene rings is 1. The molecule has 18 heavy (non-hydrogen) atoms. The molecule has 0 aromatic heterocycles. The van der Waals surface area contributed by atoms with Crippen LogP contribution < -0.4 is 5.73 Å². The topological polar surface area (TPSA) is 29.3 Å². The van der Waals surface area contributed by atoms with Crippen LogP contribution in [0.15, 0.2) is 18.2 Å². The second-order valence-corrected chi connectivity index (χ2v) is 6.15. The first-order valence-corrected chi connectivity index (χ1v) is 7.06. The number of hydrogen-bond donors (Lipinski definition) is 1. The molecule has 2 N–H and O–H groups in total. The molecule has 1 aliphatic heterocycles. The number of likely N-dealkylation sites (tertiary alicyclic amines) is 1. The summed E-state index contributed by atoms with van der Waals surface area (Å²) in [5.41, 5.74) is 10.5. The van der Waals surface area contributed by atoms with Gasteiger partial charge in [-0.25, -0.2) is 0 Å². The first kappa shape index (κ1) is 13.6. The summed E-state index contributed by atoms with van der Waals surface area (Å²) in [6.07, 6.45) is 1.12. The van der Waals surface area contributed by atoms with Gasteiger partial charge in [0.05, 0.1) is 6.04 Å². The fraction of sp³-hybridized carbons (Fsp3) is 0.625. The maximum atomic E-state index is 6.34. The Kier molecular flexibility index (Phi) is 4.08. The highest BCUT2D eigenvalue weighted by atomic mass is 15.2. The molecule has 0 radical (unpaired) electrons. The van der Waals surface area contributed by atoms with E-state index in [1.165, 1.54) is 16.7 Å². The molecule has 1 aromatic rings. The quantitative estimate of drug-likeness (QED) is 0.888. The molecule has 2 heteroatoms. The van der Waals surface area contributed by atoms with Gasteiger partial charge in [-0.1, -0.05) is 37.6 Å². The Labute approximate surface area is 111 Å². The normalized spacial score (nSPS) is 25.0. The van der Waals surface area contributed by atoms with Gasteiger partial charge in [-0.05, 0) is 37.3 Å². The van der Waals surface area contributed by atoms with Crippen molar-refractivity contribution in [1.82, 2.24) is 4.90 Å². The summed E-state index contributed by atoms with van der Waals surface area (Å²) in [6.45, 7) is 11.2. The third kappa shape index (κ3) is 2.76. The highest BCUT2D eigenvalue weighted by Crippen LogP contribution is 2.33. The molecule has 2 unspecified atom stereocenters. The molecule has 2 nitrogen and oxygen atoms in total. The van der Waals surface area contributed by atoms with Gasteiger partial charge in [0, 0.05) is 19.1 Å². The smallest absolute Gasteiger partial charge is 0.0502 e. The zero-order valence-electron chi connectivity index (χ0n) is 12.1. The molecule has 1 heterocycles. The van der Waals surface area contributed by atoms with E-state index in [2.05, 4.69) is 50.8 Å². The summed E-state index contributed by atoms with van der Waals surface area (Å²) in [7, 11) is 0. The van der Waals surface area contributed by atoms with Crippen LogP contribution in [0.5, 0.6) is 0 Å². The van der Waals surface area contributed by atoms with Crippen molar-refractivity contribution in [2.75, 3.05) is 13.1 Å². The Morgan fingerprint density at radius 1 is 1.33 bits per heavy atom. The fourth-order valence-electron chi connectivity index (χ4n) is 3.14. The van der Waals surface area contributed by atoms with Crippen molar-refractivity contribution >= 4 is 0 Å². The molecule has 100 valence electrons. The predicted octanol–water partition coefficient (Wildman–Crippen LogP) is 3.03. The first-order valence-electron chi connectivity index (χ1n) is 7.06. The van der Waals surface area contributed by atoms with Gasteiger partial charge in [0.2, 0.25) is 0 Å². The van der Waals surface area contributed by atoms with E-state index in [0.717, 1.165) is 19.5 Å². The molecule has 1 fully saturated rings. The molecule has 0 spiro atoms. The van der Waals surface area contributed by atoms with Crippen molar-refractivity contribution in [1.29, 1.82) is 0 Å². The van der Waals surface area contributed by atoms with Gasteiger partial charge in [-0.3, -0.25) is 4.90 Å². The van der Waals surface area contributed by atoms with Crippen molar-refractivity contribution in [3.8, 4) is 0 Å². The standard InChI is InChI=1S/C16H26N2/c1-11(2)10-18-8-7-15(17)16(18)14-6-5-12(3)9-13(14)4/h5-6,9,11,15-16H,7-8,10,17H2,1-4H3. The summed E-state index contributed by atoms with van der Waals surface area (Å²) < 4.78 is 0. The van der Waals surface area contributed by atoms with Gasteiger partial charge >= 0.3 is 0 Å². The van der Waals surface area contributed by atoms with Gasteiger partial charge in [0.15, 0.2) is 0 Å². The van der Waals surface area contributed by atoms with Gasteiger partial charge in [-0.15, -0.1) is 0 Å². The molecular weight excluding hydrogens is 220 g/mol. The van der Waals surface area contributed by atoms with Gasteiger partial charge in [0.25, 0.3) is 0 Å². The minimum atomic E-state index is 0.283. The second kappa shape index (κ2) is 5.41. The lowest BCUT2D eigenvalue weighted by atomic mass is 9.94. The van der Waals surface area contributed by atoms with Crippen molar-refractivity contribution < 1.29 is 0 Å². The van der Waals surface area contributed by atoms with Crippen LogP contribution in [0.3, 0.4) is 0 Å². The van der Waals surface area contributed by atoms with Gasteiger partial charge in [-0.2, -0.15) is 0 Å². The number of aryl methyl sites for hydroxylation is 2. The minimum absolute atomic E-state index is 0.283. The maximum Gasteiger partial charge on any atom is 0.0502 e. The average Bonchev–Trinajstić information content (AvgIpc) is 2.60. The Hall–Kier alpha value is -0.860. The van der Waals surface area contributed by atoms with E-state index < -0.39 is 0 Å². The molecule has 1 aliphatic rings. The minimum Gasteiger partial charge on any atom is -0.326 e. The number of nitrogens with zero attached hydrogens (tertiary/aromatic N) is 1. The zero-order valence-corrected chi connectivity index (χ0v) is 12.1. The van der Waals surface area contributed by atoms with Crippen LogP contribution >= 0.6 is 0 Å². The Bertz CT molecular complexity index is 412. The molecular formula is C16H26N2. The van der Waals surface area contributed by atoms with Crippen LogP contribution in [0, 0.1) is 19.8 Å². The van der Waals surface area contributed by atoms with E-state index in [1.54, 1.807) is 0 Å². The van der Waals surface area contributed by atoms with Crippen LogP contribution in [-0.2, 0) is 0 Å². The second-order valence-electron chi connectivity index (χ2n) is 6.15. The molecule has 2 atom stereocenters. The molecule has 1 saturated heterocycles. The van der Waals surface area contributed by atoms with E-state index in [9.17, 15) is 0 Å². The first-order chi connectivity index (χ1) is 8.49. The van der Waals surface area contributed by atoms with Crippen molar-refractivity contribution in [2.24, 2.45) is 11.7 Å². The van der Waals surface area contributed by atoms with Gasteiger partial charge in [0.1, 0.15) is 0 Å². The van der Waals surface area contributed by atoms with E-state index in [4.69, 9.17) is 5.73 Å². The molecule has 2 rings (SSSR count). The summed E-state index contributed by atoms with van der Waals surface area (Å²) in [5.74, 6) is 0.698. The van der Waals surface area contributed by atoms with Crippen molar-refractivity contribution in [2.45, 2.75) is 46.2 Å². The average molecular weight is 246 g/mol. The molecule has 0 amide bonds.